The lowest BCUT2D eigenvalue weighted by molar-refractivity contribution is -0.151. The van der Waals surface area contributed by atoms with Crippen molar-refractivity contribution in [1.29, 1.82) is 0 Å². The van der Waals surface area contributed by atoms with Crippen LogP contribution in [0.25, 0.3) is 11.1 Å². The first-order valence-corrected chi connectivity index (χ1v) is 14.9. The average molecular weight is 606 g/mol. The Morgan fingerprint density at radius 3 is 2.18 bits per heavy atom. The molecule has 2 aromatic rings. The Morgan fingerprint density at radius 1 is 0.955 bits per heavy atom. The van der Waals surface area contributed by atoms with E-state index in [1.165, 1.54) is 0 Å². The van der Waals surface area contributed by atoms with Gasteiger partial charge in [-0.05, 0) is 55.4 Å². The van der Waals surface area contributed by atoms with E-state index >= 15 is 0 Å². The topological polar surface area (TPSA) is 143 Å². The Bertz CT molecular complexity index is 1280. The van der Waals surface area contributed by atoms with E-state index in [2.05, 4.69) is 41.2 Å². The highest BCUT2D eigenvalue weighted by Gasteiger charge is 2.30. The summed E-state index contributed by atoms with van der Waals surface area (Å²) in [5.41, 5.74) is 4.38. The first-order chi connectivity index (χ1) is 21.2. The van der Waals surface area contributed by atoms with Crippen LogP contribution in [-0.4, -0.2) is 66.9 Å². The number of aliphatic hydroxyl groups excluding tert-OH is 1. The van der Waals surface area contributed by atoms with E-state index in [1.54, 1.807) is 26.0 Å². The molecular formula is C34H43N3O7. The molecule has 0 saturated heterocycles. The molecule has 44 heavy (non-hydrogen) atoms. The molecule has 4 atom stereocenters. The van der Waals surface area contributed by atoms with Crippen molar-refractivity contribution in [3.05, 3.63) is 85.0 Å². The summed E-state index contributed by atoms with van der Waals surface area (Å²) in [6.07, 6.45) is 2.65. The molecule has 0 unspecified atom stereocenters. The maximum Gasteiger partial charge on any atom is 0.407 e. The summed E-state index contributed by atoms with van der Waals surface area (Å²) < 4.78 is 11.1. The molecule has 0 aromatic heterocycles. The van der Waals surface area contributed by atoms with Gasteiger partial charge >= 0.3 is 12.1 Å². The minimum atomic E-state index is -0.979. The molecule has 0 radical (unpaired) electrons. The highest BCUT2D eigenvalue weighted by atomic mass is 16.6. The lowest BCUT2D eigenvalue weighted by Crippen LogP contribution is -2.45. The smallest absolute Gasteiger partial charge is 0.407 e. The Hall–Kier alpha value is -4.44. The van der Waals surface area contributed by atoms with Crippen LogP contribution in [0.1, 0.15) is 56.6 Å². The molecule has 0 fully saturated rings. The van der Waals surface area contributed by atoms with Crippen molar-refractivity contribution in [2.75, 3.05) is 19.8 Å². The van der Waals surface area contributed by atoms with Crippen LogP contribution in [0, 0.1) is 5.92 Å². The van der Waals surface area contributed by atoms with Gasteiger partial charge in [0.05, 0.1) is 19.1 Å². The van der Waals surface area contributed by atoms with E-state index < -0.39 is 36.2 Å². The number of rotatable bonds is 17. The molecule has 1 aliphatic carbocycles. The number of esters is 1. The first-order valence-electron chi connectivity index (χ1n) is 14.9. The molecule has 3 amide bonds. The van der Waals surface area contributed by atoms with Crippen molar-refractivity contribution in [2.45, 2.75) is 63.6 Å². The quantitative estimate of drug-likeness (QED) is 0.158. The molecule has 2 aromatic carbocycles. The fourth-order valence-electron chi connectivity index (χ4n) is 5.11. The molecule has 0 aliphatic heterocycles. The monoisotopic (exact) mass is 605 g/mol. The number of ether oxygens (including phenoxy) is 2. The van der Waals surface area contributed by atoms with Gasteiger partial charge in [-0.15, -0.1) is 13.2 Å². The van der Waals surface area contributed by atoms with Crippen molar-refractivity contribution in [2.24, 2.45) is 5.92 Å². The van der Waals surface area contributed by atoms with Gasteiger partial charge in [-0.1, -0.05) is 60.7 Å². The second kappa shape index (κ2) is 17.0. The SMILES string of the molecule is C=CCC[C@H](NC(=O)OCC1c2ccccc2-c2ccccc21)C(=O)O[C@@H](C)CNC(=O)[C@@H](CC=C)CC(=O)N[C@@H](C)CO. The van der Waals surface area contributed by atoms with Gasteiger partial charge in [0.15, 0.2) is 0 Å². The second-order valence-electron chi connectivity index (χ2n) is 11.0. The molecule has 0 bridgehead atoms. The van der Waals surface area contributed by atoms with Crippen molar-refractivity contribution < 1.29 is 33.8 Å². The number of fused-ring (bicyclic) bond motifs is 3. The summed E-state index contributed by atoms with van der Waals surface area (Å²) in [4.78, 5) is 50.8. The van der Waals surface area contributed by atoms with Crippen LogP contribution < -0.4 is 16.0 Å². The standard InChI is InChI=1S/C34H43N3O7/c1-5-7-17-30(33(41)44-23(4)19-35-32(40)24(12-6-2)18-31(39)36-22(3)20-38)37-34(42)43-21-29-27-15-10-8-13-25(27)26-14-9-11-16-28(26)29/h5-6,8-11,13-16,22-24,29-30,38H,1-2,7,12,17-21H2,3-4H3,(H,35,40)(H,36,39)(H,37,42)/t22-,23-,24-,30-/m0/s1. The van der Waals surface area contributed by atoms with Crippen molar-refractivity contribution >= 4 is 23.9 Å². The number of alkyl carbamates (subject to hydrolysis) is 1. The molecule has 10 nitrogen and oxygen atoms in total. The number of allylic oxidation sites excluding steroid dienone is 2. The van der Waals surface area contributed by atoms with Crippen molar-refractivity contribution in [3.63, 3.8) is 0 Å². The van der Waals surface area contributed by atoms with E-state index in [1.807, 2.05) is 36.4 Å². The van der Waals surface area contributed by atoms with Crippen LogP contribution in [0.4, 0.5) is 4.79 Å². The van der Waals surface area contributed by atoms with Crippen LogP contribution in [-0.2, 0) is 23.9 Å². The molecule has 0 spiro atoms. The lowest BCUT2D eigenvalue weighted by Gasteiger charge is -2.22. The summed E-state index contributed by atoms with van der Waals surface area (Å²) in [5, 5.41) is 17.1. The van der Waals surface area contributed by atoms with Gasteiger partial charge in [0.25, 0.3) is 0 Å². The number of aliphatic hydroxyl groups is 1. The van der Waals surface area contributed by atoms with Crippen molar-refractivity contribution in [1.82, 2.24) is 16.0 Å². The van der Waals surface area contributed by atoms with Gasteiger partial charge in [0.2, 0.25) is 11.8 Å². The lowest BCUT2D eigenvalue weighted by atomic mass is 9.98. The maximum absolute atomic E-state index is 13.0. The predicted octanol–water partition coefficient (Wildman–Crippen LogP) is 3.99. The number of nitrogens with one attached hydrogen (secondary N) is 3. The van der Waals surface area contributed by atoms with Crippen LogP contribution in [0.15, 0.2) is 73.8 Å². The highest BCUT2D eigenvalue weighted by molar-refractivity contribution is 5.86. The number of amides is 3. The summed E-state index contributed by atoms with van der Waals surface area (Å²) in [5.74, 6) is -2.21. The maximum atomic E-state index is 13.0. The fourth-order valence-corrected chi connectivity index (χ4v) is 5.11. The molecule has 10 heteroatoms. The zero-order chi connectivity index (χ0) is 32.1. The fraction of sp³-hybridized carbons (Fsp3) is 0.412. The van der Waals surface area contributed by atoms with Gasteiger partial charge in [-0.3, -0.25) is 9.59 Å². The zero-order valence-electron chi connectivity index (χ0n) is 25.4. The van der Waals surface area contributed by atoms with Crippen LogP contribution >= 0.6 is 0 Å². The van der Waals surface area contributed by atoms with Crippen LogP contribution in [0.5, 0.6) is 0 Å². The number of hydrogen-bond donors (Lipinski definition) is 4. The van der Waals surface area contributed by atoms with Crippen LogP contribution in [0.2, 0.25) is 0 Å². The highest BCUT2D eigenvalue weighted by Crippen LogP contribution is 2.44. The summed E-state index contributed by atoms with van der Waals surface area (Å²) in [7, 11) is 0. The third-order valence-electron chi connectivity index (χ3n) is 7.40. The molecule has 1 aliphatic rings. The van der Waals surface area contributed by atoms with Gasteiger partial charge in [0, 0.05) is 18.4 Å². The zero-order valence-corrected chi connectivity index (χ0v) is 25.4. The molecule has 0 saturated carbocycles. The number of carbonyl (C=O) groups excluding carboxylic acids is 4. The van der Waals surface area contributed by atoms with Gasteiger partial charge in [-0.2, -0.15) is 0 Å². The van der Waals surface area contributed by atoms with E-state index in [0.717, 1.165) is 22.3 Å². The van der Waals surface area contributed by atoms with E-state index in [0.29, 0.717) is 6.42 Å². The summed E-state index contributed by atoms with van der Waals surface area (Å²) >= 11 is 0. The Morgan fingerprint density at radius 2 is 1.59 bits per heavy atom. The van der Waals surface area contributed by atoms with Gasteiger partial charge in [0.1, 0.15) is 18.8 Å². The Kier molecular flexibility index (Phi) is 13.2. The summed E-state index contributed by atoms with van der Waals surface area (Å²) in [6.45, 7) is 10.5. The van der Waals surface area contributed by atoms with Gasteiger partial charge < -0.3 is 30.5 Å². The second-order valence-corrected chi connectivity index (χ2v) is 11.0. The normalized spacial score (nSPS) is 14.5. The Balaban J connectivity index is 1.53. The number of benzene rings is 2. The summed E-state index contributed by atoms with van der Waals surface area (Å²) in [6, 6.07) is 14.6. The predicted molar refractivity (Wildman–Crippen MR) is 168 cm³/mol. The third kappa shape index (κ3) is 9.54. The Labute approximate surface area is 258 Å². The molecule has 3 rings (SSSR count). The molecule has 4 N–H and O–H groups in total. The molecule has 0 heterocycles. The average Bonchev–Trinajstić information content (AvgIpc) is 3.33. The molecule has 236 valence electrons. The van der Waals surface area contributed by atoms with E-state index in [-0.39, 0.29) is 56.8 Å². The van der Waals surface area contributed by atoms with E-state index in [9.17, 15) is 19.2 Å². The van der Waals surface area contributed by atoms with Gasteiger partial charge in [-0.25, -0.2) is 9.59 Å². The minimum absolute atomic E-state index is 0.00595. The first kappa shape index (κ1) is 34.1. The largest absolute Gasteiger partial charge is 0.459 e. The van der Waals surface area contributed by atoms with E-state index in [4.69, 9.17) is 14.6 Å². The molecular weight excluding hydrogens is 562 g/mol. The van der Waals surface area contributed by atoms with Crippen LogP contribution in [0.3, 0.4) is 0 Å². The van der Waals surface area contributed by atoms with Crippen molar-refractivity contribution in [3.8, 4) is 11.1 Å². The minimum Gasteiger partial charge on any atom is -0.459 e. The number of carbonyl (C=O) groups is 4. The number of hydrogen-bond acceptors (Lipinski definition) is 7. The third-order valence-corrected chi connectivity index (χ3v) is 7.40.